The molecule has 20 heavy (non-hydrogen) atoms. The Bertz CT molecular complexity index is 553. The van der Waals surface area contributed by atoms with E-state index >= 15 is 0 Å². The predicted molar refractivity (Wildman–Crippen MR) is 83.7 cm³/mol. The fraction of sp³-hybridized carbons (Fsp3) is 0.533. The van der Waals surface area contributed by atoms with Gasteiger partial charge in [0.25, 0.3) is 0 Å². The second kappa shape index (κ2) is 6.95. The molecule has 0 bridgehead atoms. The number of pyridine rings is 1. The maximum atomic E-state index is 6.15. The Morgan fingerprint density at radius 3 is 2.85 bits per heavy atom. The number of imidazole rings is 1. The van der Waals surface area contributed by atoms with Crippen molar-refractivity contribution in [1.82, 2.24) is 9.38 Å². The summed E-state index contributed by atoms with van der Waals surface area (Å²) in [5.41, 5.74) is 1.98. The first-order valence-electron chi connectivity index (χ1n) is 6.93. The lowest BCUT2D eigenvalue weighted by Crippen LogP contribution is -2.32. The fourth-order valence-electron chi connectivity index (χ4n) is 2.34. The van der Waals surface area contributed by atoms with Crippen LogP contribution in [-0.2, 0) is 10.6 Å². The molecule has 0 unspecified atom stereocenters. The number of nitrogens with zero attached hydrogens (tertiary/aromatic N) is 3. The van der Waals surface area contributed by atoms with Gasteiger partial charge in [0.05, 0.1) is 18.2 Å². The smallest absolute Gasteiger partial charge is 0.152 e. The van der Waals surface area contributed by atoms with Crippen molar-refractivity contribution < 1.29 is 4.74 Å². The third kappa shape index (κ3) is 3.25. The van der Waals surface area contributed by atoms with Crippen LogP contribution in [0.3, 0.4) is 0 Å². The number of rotatable bonds is 7. The Hall–Kier alpha value is -1.26. The quantitative estimate of drug-likeness (QED) is 0.735. The molecular formula is C15H22ClN3O. The van der Waals surface area contributed by atoms with E-state index in [1.165, 1.54) is 0 Å². The second-order valence-corrected chi connectivity index (χ2v) is 5.54. The Morgan fingerprint density at radius 1 is 1.40 bits per heavy atom. The van der Waals surface area contributed by atoms with Crippen LogP contribution in [0.5, 0.6) is 0 Å². The van der Waals surface area contributed by atoms with E-state index in [1.54, 1.807) is 7.11 Å². The predicted octanol–water partition coefficient (Wildman–Crippen LogP) is 3.18. The molecule has 2 rings (SSSR count). The van der Waals surface area contributed by atoms with Gasteiger partial charge in [-0.15, -0.1) is 11.6 Å². The summed E-state index contributed by atoms with van der Waals surface area (Å²) < 4.78 is 7.27. The van der Waals surface area contributed by atoms with Crippen LogP contribution in [0, 0.1) is 5.92 Å². The normalized spacial score (nSPS) is 11.4. The van der Waals surface area contributed by atoms with Crippen LogP contribution in [0.1, 0.15) is 19.5 Å². The van der Waals surface area contributed by atoms with Crippen molar-refractivity contribution in [3.63, 3.8) is 0 Å². The van der Waals surface area contributed by atoms with Gasteiger partial charge in [-0.1, -0.05) is 19.9 Å². The molecule has 110 valence electrons. The first-order valence-corrected chi connectivity index (χ1v) is 7.46. The molecule has 4 nitrogen and oxygen atoms in total. The van der Waals surface area contributed by atoms with Gasteiger partial charge in [0.15, 0.2) is 5.82 Å². The van der Waals surface area contributed by atoms with Gasteiger partial charge in [-0.2, -0.15) is 0 Å². The van der Waals surface area contributed by atoms with Gasteiger partial charge in [-0.05, 0) is 18.1 Å². The average Bonchev–Trinajstić information content (AvgIpc) is 2.81. The van der Waals surface area contributed by atoms with Gasteiger partial charge < -0.3 is 14.0 Å². The molecule has 2 aromatic heterocycles. The number of methoxy groups -OCH3 is 1. The first-order chi connectivity index (χ1) is 9.67. The summed E-state index contributed by atoms with van der Waals surface area (Å²) in [7, 11) is 1.72. The maximum absolute atomic E-state index is 6.15. The van der Waals surface area contributed by atoms with Gasteiger partial charge in [0.2, 0.25) is 0 Å². The third-order valence-corrected chi connectivity index (χ3v) is 3.44. The minimum atomic E-state index is 0.447. The monoisotopic (exact) mass is 295 g/mol. The molecule has 0 aliphatic rings. The molecule has 0 saturated carbocycles. The lowest BCUT2D eigenvalue weighted by molar-refractivity contribution is 0.204. The number of anilines is 1. The van der Waals surface area contributed by atoms with Crippen LogP contribution < -0.4 is 4.90 Å². The molecule has 5 heteroatoms. The molecule has 0 amide bonds. The number of hydrogen-bond donors (Lipinski definition) is 0. The molecule has 0 radical (unpaired) electrons. The number of fused-ring (bicyclic) bond motifs is 1. The summed E-state index contributed by atoms with van der Waals surface area (Å²) in [5.74, 6) is 1.97. The van der Waals surface area contributed by atoms with Crippen molar-refractivity contribution in [3.8, 4) is 0 Å². The molecule has 2 heterocycles. The van der Waals surface area contributed by atoms with Gasteiger partial charge in [0.1, 0.15) is 5.65 Å². The van der Waals surface area contributed by atoms with Crippen molar-refractivity contribution in [2.45, 2.75) is 19.7 Å². The molecule has 0 aliphatic heterocycles. The van der Waals surface area contributed by atoms with Crippen molar-refractivity contribution >= 4 is 23.1 Å². The number of halogens is 1. The SMILES string of the molecule is COCCN(CC(C)C)c1nc2ccccn2c1CCl. The summed E-state index contributed by atoms with van der Waals surface area (Å²) in [4.78, 5) is 7.00. The number of aromatic nitrogens is 2. The Kier molecular flexibility index (Phi) is 5.26. The van der Waals surface area contributed by atoms with Crippen LogP contribution in [0.15, 0.2) is 24.4 Å². The summed E-state index contributed by atoms with van der Waals surface area (Å²) in [6, 6.07) is 5.99. The zero-order chi connectivity index (χ0) is 14.5. The minimum Gasteiger partial charge on any atom is -0.383 e. The van der Waals surface area contributed by atoms with Crippen LogP contribution in [-0.4, -0.2) is 36.2 Å². The van der Waals surface area contributed by atoms with Gasteiger partial charge in [-0.3, -0.25) is 0 Å². The lowest BCUT2D eigenvalue weighted by Gasteiger charge is -2.25. The maximum Gasteiger partial charge on any atom is 0.152 e. The fourth-order valence-corrected chi connectivity index (χ4v) is 2.59. The molecule has 0 atom stereocenters. The molecule has 0 N–H and O–H groups in total. The average molecular weight is 296 g/mol. The highest BCUT2D eigenvalue weighted by atomic mass is 35.5. The van der Waals surface area contributed by atoms with E-state index in [0.717, 1.165) is 30.2 Å². The minimum absolute atomic E-state index is 0.447. The van der Waals surface area contributed by atoms with Gasteiger partial charge in [-0.25, -0.2) is 4.98 Å². The topological polar surface area (TPSA) is 29.8 Å². The zero-order valence-electron chi connectivity index (χ0n) is 12.3. The van der Waals surface area contributed by atoms with Gasteiger partial charge >= 0.3 is 0 Å². The highest BCUT2D eigenvalue weighted by molar-refractivity contribution is 6.17. The Labute approximate surface area is 125 Å². The second-order valence-electron chi connectivity index (χ2n) is 5.28. The molecule has 0 aliphatic carbocycles. The van der Waals surface area contributed by atoms with Crippen molar-refractivity contribution in [2.24, 2.45) is 5.92 Å². The molecule has 2 aromatic rings. The Morgan fingerprint density at radius 2 is 2.20 bits per heavy atom. The van der Waals surface area contributed by atoms with E-state index in [2.05, 4.69) is 23.1 Å². The number of alkyl halides is 1. The number of ether oxygens (including phenoxy) is 1. The van der Waals surface area contributed by atoms with Crippen molar-refractivity contribution in [3.05, 3.63) is 30.1 Å². The zero-order valence-corrected chi connectivity index (χ0v) is 13.1. The molecule has 0 saturated heterocycles. The molecule has 0 fully saturated rings. The van der Waals surface area contributed by atoms with E-state index in [0.29, 0.717) is 18.4 Å². The van der Waals surface area contributed by atoms with E-state index in [-0.39, 0.29) is 0 Å². The van der Waals surface area contributed by atoms with Gasteiger partial charge in [0, 0.05) is 26.4 Å². The van der Waals surface area contributed by atoms with E-state index in [1.807, 2.05) is 24.4 Å². The van der Waals surface area contributed by atoms with E-state index in [9.17, 15) is 0 Å². The molecular weight excluding hydrogens is 274 g/mol. The highest BCUT2D eigenvalue weighted by Gasteiger charge is 2.18. The summed E-state index contributed by atoms with van der Waals surface area (Å²) in [6.45, 7) is 6.85. The first kappa shape index (κ1) is 15.1. The molecule has 0 aromatic carbocycles. The Balaban J connectivity index is 2.40. The highest BCUT2D eigenvalue weighted by Crippen LogP contribution is 2.24. The van der Waals surface area contributed by atoms with Crippen LogP contribution in [0.4, 0.5) is 5.82 Å². The largest absolute Gasteiger partial charge is 0.383 e. The van der Waals surface area contributed by atoms with Crippen LogP contribution in [0.2, 0.25) is 0 Å². The number of hydrogen-bond acceptors (Lipinski definition) is 3. The van der Waals surface area contributed by atoms with E-state index < -0.39 is 0 Å². The van der Waals surface area contributed by atoms with Crippen LogP contribution >= 0.6 is 11.6 Å². The molecule has 0 spiro atoms. The summed E-state index contributed by atoms with van der Waals surface area (Å²) in [5, 5.41) is 0. The standard InChI is InChI=1S/C15H22ClN3O/c1-12(2)11-18(8-9-20-3)15-13(10-16)19-7-5-4-6-14(19)17-15/h4-7,12H,8-11H2,1-3H3. The van der Waals surface area contributed by atoms with Crippen LogP contribution in [0.25, 0.3) is 5.65 Å². The van der Waals surface area contributed by atoms with E-state index in [4.69, 9.17) is 21.3 Å². The lowest BCUT2D eigenvalue weighted by atomic mass is 10.2. The van der Waals surface area contributed by atoms with Crippen molar-refractivity contribution in [1.29, 1.82) is 0 Å². The summed E-state index contributed by atoms with van der Waals surface area (Å²) >= 11 is 6.15. The summed E-state index contributed by atoms with van der Waals surface area (Å²) in [6.07, 6.45) is 2.01. The third-order valence-electron chi connectivity index (χ3n) is 3.18. The van der Waals surface area contributed by atoms with Crippen molar-refractivity contribution in [2.75, 3.05) is 31.7 Å².